The normalized spacial score (nSPS) is 15.5. The summed E-state index contributed by atoms with van der Waals surface area (Å²) in [6.07, 6.45) is 0.308. The summed E-state index contributed by atoms with van der Waals surface area (Å²) in [5.41, 5.74) is 2.36. The van der Waals surface area contributed by atoms with Gasteiger partial charge in [0.25, 0.3) is 0 Å². The summed E-state index contributed by atoms with van der Waals surface area (Å²) in [5, 5.41) is 2.84. The highest BCUT2D eigenvalue weighted by atomic mass is 32.2. The van der Waals surface area contributed by atoms with Gasteiger partial charge in [-0.05, 0) is 29.8 Å². The highest BCUT2D eigenvalue weighted by Crippen LogP contribution is 2.45. The fourth-order valence-corrected chi connectivity index (χ4v) is 4.92. The molecule has 0 aliphatic carbocycles. The van der Waals surface area contributed by atoms with Crippen molar-refractivity contribution in [2.75, 3.05) is 31.0 Å². The number of methoxy groups -OCH3 is 2. The van der Waals surface area contributed by atoms with Gasteiger partial charge in [-0.2, -0.15) is 0 Å². The number of para-hydroxylation sites is 1. The number of anilines is 2. The minimum Gasteiger partial charge on any atom is -0.497 e. The molecule has 1 N–H and O–H groups in total. The largest absolute Gasteiger partial charge is 0.497 e. The van der Waals surface area contributed by atoms with Crippen LogP contribution in [-0.4, -0.2) is 32.6 Å². The number of thioether (sulfide) groups is 1. The van der Waals surface area contributed by atoms with Crippen LogP contribution >= 0.6 is 11.8 Å². The van der Waals surface area contributed by atoms with Crippen molar-refractivity contribution in [3.63, 3.8) is 0 Å². The lowest BCUT2D eigenvalue weighted by atomic mass is 10.1. The Hall–Kier alpha value is -3.45. The third-order valence-corrected chi connectivity index (χ3v) is 6.56. The molecule has 4 rings (SSSR count). The molecule has 32 heavy (non-hydrogen) atoms. The predicted octanol–water partition coefficient (Wildman–Crippen LogP) is 4.91. The summed E-state index contributed by atoms with van der Waals surface area (Å²) >= 11 is 1.65. The highest BCUT2D eigenvalue weighted by molar-refractivity contribution is 7.99. The van der Waals surface area contributed by atoms with Crippen LogP contribution in [0.1, 0.15) is 17.2 Å². The van der Waals surface area contributed by atoms with Crippen molar-refractivity contribution in [1.82, 2.24) is 0 Å². The number of nitrogens with one attached hydrogen (secondary N) is 1. The van der Waals surface area contributed by atoms with Gasteiger partial charge in [0.2, 0.25) is 11.8 Å². The van der Waals surface area contributed by atoms with Crippen LogP contribution in [0.15, 0.2) is 77.7 Å². The molecule has 7 heteroatoms. The molecular formula is C25H24N2O4S. The molecule has 0 bridgehead atoms. The van der Waals surface area contributed by atoms with Gasteiger partial charge in [0, 0.05) is 22.6 Å². The Labute approximate surface area is 191 Å². The second kappa shape index (κ2) is 9.78. The maximum absolute atomic E-state index is 13.2. The van der Waals surface area contributed by atoms with Crippen molar-refractivity contribution in [3.05, 3.63) is 78.4 Å². The van der Waals surface area contributed by atoms with E-state index in [2.05, 4.69) is 5.32 Å². The molecular weight excluding hydrogens is 424 g/mol. The summed E-state index contributed by atoms with van der Waals surface area (Å²) < 4.78 is 10.6. The van der Waals surface area contributed by atoms with Crippen LogP contribution in [-0.2, 0) is 9.59 Å². The van der Waals surface area contributed by atoms with E-state index in [1.54, 1.807) is 42.0 Å². The fraction of sp³-hybridized carbons (Fsp3) is 0.200. The molecule has 1 atom stereocenters. The van der Waals surface area contributed by atoms with Gasteiger partial charge in [-0.25, -0.2) is 0 Å². The summed E-state index contributed by atoms with van der Waals surface area (Å²) in [6.45, 7) is -0.0902. The fourth-order valence-electron chi connectivity index (χ4n) is 3.64. The number of carbonyl (C=O) groups is 2. The average molecular weight is 449 g/mol. The molecule has 3 aromatic carbocycles. The topological polar surface area (TPSA) is 67.9 Å². The van der Waals surface area contributed by atoms with E-state index in [-0.39, 0.29) is 23.6 Å². The molecule has 3 aromatic rings. The van der Waals surface area contributed by atoms with Crippen LogP contribution in [0.3, 0.4) is 0 Å². The van der Waals surface area contributed by atoms with Gasteiger partial charge < -0.3 is 19.7 Å². The second-order valence-electron chi connectivity index (χ2n) is 7.28. The lowest BCUT2D eigenvalue weighted by Gasteiger charge is -2.22. The molecule has 0 saturated heterocycles. The number of hydrogen-bond acceptors (Lipinski definition) is 5. The van der Waals surface area contributed by atoms with E-state index in [9.17, 15) is 9.59 Å². The number of carbonyl (C=O) groups excluding carboxylic acids is 2. The molecule has 0 unspecified atom stereocenters. The van der Waals surface area contributed by atoms with E-state index in [1.165, 1.54) is 7.11 Å². The SMILES string of the molecule is COc1ccc(NC(=O)CN2C(=O)C[C@H](c3ccccc3)Sc3ccccc32)c(OC)c1. The molecule has 0 spiro atoms. The first-order valence-electron chi connectivity index (χ1n) is 10.2. The van der Waals surface area contributed by atoms with E-state index >= 15 is 0 Å². The van der Waals surface area contributed by atoms with E-state index < -0.39 is 0 Å². The number of fused-ring (bicyclic) bond motifs is 1. The Kier molecular flexibility index (Phi) is 6.66. The maximum Gasteiger partial charge on any atom is 0.244 e. The number of amides is 2. The Morgan fingerprint density at radius 3 is 2.53 bits per heavy atom. The number of nitrogens with zero attached hydrogens (tertiary/aromatic N) is 1. The zero-order chi connectivity index (χ0) is 22.5. The molecule has 164 valence electrons. The molecule has 0 saturated carbocycles. The lowest BCUT2D eigenvalue weighted by Crippen LogP contribution is -2.38. The summed E-state index contributed by atoms with van der Waals surface area (Å²) in [4.78, 5) is 28.7. The van der Waals surface area contributed by atoms with Crippen molar-refractivity contribution in [2.45, 2.75) is 16.6 Å². The summed E-state index contributed by atoms with van der Waals surface area (Å²) in [5.74, 6) is 0.716. The first kappa shape index (κ1) is 21.8. The van der Waals surface area contributed by atoms with Gasteiger partial charge in [-0.15, -0.1) is 11.8 Å². The molecule has 1 heterocycles. The van der Waals surface area contributed by atoms with E-state index in [0.29, 0.717) is 23.6 Å². The van der Waals surface area contributed by atoms with Gasteiger partial charge in [0.05, 0.1) is 25.6 Å². The molecule has 6 nitrogen and oxygen atoms in total. The van der Waals surface area contributed by atoms with Gasteiger partial charge in [-0.3, -0.25) is 9.59 Å². The molecule has 1 aliphatic rings. The van der Waals surface area contributed by atoms with Crippen LogP contribution in [0.5, 0.6) is 11.5 Å². The first-order valence-corrected chi connectivity index (χ1v) is 11.1. The number of ether oxygens (including phenoxy) is 2. The van der Waals surface area contributed by atoms with Gasteiger partial charge in [-0.1, -0.05) is 42.5 Å². The molecule has 2 amide bonds. The standard InChI is InChI=1S/C25H24N2O4S/c1-30-18-12-13-19(21(14-18)31-2)26-24(28)16-27-20-10-6-7-11-22(20)32-23(15-25(27)29)17-8-4-3-5-9-17/h3-14,23H,15-16H2,1-2H3,(H,26,28)/t23-/m1/s1. The molecule has 1 aliphatic heterocycles. The van der Waals surface area contributed by atoms with Crippen molar-refractivity contribution in [1.29, 1.82) is 0 Å². The smallest absolute Gasteiger partial charge is 0.244 e. The number of hydrogen-bond donors (Lipinski definition) is 1. The Morgan fingerprint density at radius 1 is 1.03 bits per heavy atom. The quantitative estimate of drug-likeness (QED) is 0.580. The third kappa shape index (κ3) is 4.73. The Balaban J connectivity index is 1.57. The van der Waals surface area contributed by atoms with Crippen molar-refractivity contribution < 1.29 is 19.1 Å². The molecule has 0 radical (unpaired) electrons. The number of benzene rings is 3. The van der Waals surface area contributed by atoms with Gasteiger partial charge >= 0.3 is 0 Å². The van der Waals surface area contributed by atoms with Crippen molar-refractivity contribution >= 4 is 35.0 Å². The van der Waals surface area contributed by atoms with Gasteiger partial charge in [0.15, 0.2) is 0 Å². The molecule has 0 aromatic heterocycles. The van der Waals surface area contributed by atoms with E-state index in [4.69, 9.17) is 9.47 Å². The van der Waals surface area contributed by atoms with E-state index in [0.717, 1.165) is 16.1 Å². The van der Waals surface area contributed by atoms with Crippen LogP contribution in [0, 0.1) is 0 Å². The average Bonchev–Trinajstić information content (AvgIpc) is 2.96. The third-order valence-electron chi connectivity index (χ3n) is 5.24. The zero-order valence-corrected chi connectivity index (χ0v) is 18.7. The Bertz CT molecular complexity index is 1120. The predicted molar refractivity (Wildman–Crippen MR) is 127 cm³/mol. The van der Waals surface area contributed by atoms with Crippen molar-refractivity contribution in [3.8, 4) is 11.5 Å². The van der Waals surface area contributed by atoms with Crippen LogP contribution < -0.4 is 19.7 Å². The maximum atomic E-state index is 13.2. The monoisotopic (exact) mass is 448 g/mol. The Morgan fingerprint density at radius 2 is 1.78 bits per heavy atom. The lowest BCUT2D eigenvalue weighted by molar-refractivity contribution is -0.121. The van der Waals surface area contributed by atoms with Crippen LogP contribution in [0.25, 0.3) is 0 Å². The van der Waals surface area contributed by atoms with E-state index in [1.807, 2.05) is 54.6 Å². The first-order chi connectivity index (χ1) is 15.6. The van der Waals surface area contributed by atoms with Gasteiger partial charge in [0.1, 0.15) is 18.0 Å². The zero-order valence-electron chi connectivity index (χ0n) is 17.9. The summed E-state index contributed by atoms with van der Waals surface area (Å²) in [7, 11) is 3.09. The highest BCUT2D eigenvalue weighted by Gasteiger charge is 2.30. The molecule has 0 fully saturated rings. The minimum absolute atomic E-state index is 0.0143. The summed E-state index contributed by atoms with van der Waals surface area (Å²) in [6, 6.07) is 22.8. The van der Waals surface area contributed by atoms with Crippen LogP contribution in [0.2, 0.25) is 0 Å². The minimum atomic E-state index is -0.306. The number of rotatable bonds is 6. The van der Waals surface area contributed by atoms with Crippen molar-refractivity contribution in [2.24, 2.45) is 0 Å². The van der Waals surface area contributed by atoms with Crippen LogP contribution in [0.4, 0.5) is 11.4 Å². The second-order valence-corrected chi connectivity index (χ2v) is 8.53.